The van der Waals surface area contributed by atoms with Gasteiger partial charge in [0.1, 0.15) is 5.75 Å². The quantitative estimate of drug-likeness (QED) is 0.508. The molecule has 2 rings (SSSR count). The smallest absolute Gasteiger partial charge is 0.191 e. The maximum atomic E-state index is 5.75. The summed E-state index contributed by atoms with van der Waals surface area (Å²) >= 11 is 0. The molecule has 0 amide bonds. The van der Waals surface area contributed by atoms with E-state index >= 15 is 0 Å². The number of nitrogens with one attached hydrogen (secondary N) is 2. The third-order valence-corrected chi connectivity index (χ3v) is 3.94. The SMILES string of the molecule is CCNC(=NCc1cccc(OC(C)C)c1)NCc1ccc(OC)c(OC)c1. The van der Waals surface area contributed by atoms with Crippen LogP contribution in [-0.2, 0) is 13.1 Å². The lowest BCUT2D eigenvalue weighted by atomic mass is 10.2. The van der Waals surface area contributed by atoms with E-state index in [1.54, 1.807) is 14.2 Å². The van der Waals surface area contributed by atoms with Crippen LogP contribution >= 0.6 is 0 Å². The molecule has 0 saturated heterocycles. The summed E-state index contributed by atoms with van der Waals surface area (Å²) in [6.07, 6.45) is 0.152. The van der Waals surface area contributed by atoms with Crippen molar-refractivity contribution in [1.82, 2.24) is 10.6 Å². The van der Waals surface area contributed by atoms with Crippen molar-refractivity contribution < 1.29 is 14.2 Å². The van der Waals surface area contributed by atoms with E-state index in [2.05, 4.69) is 21.7 Å². The zero-order valence-electron chi connectivity index (χ0n) is 17.4. The summed E-state index contributed by atoms with van der Waals surface area (Å²) in [6.45, 7) is 8.07. The number of guanidine groups is 1. The van der Waals surface area contributed by atoms with E-state index in [1.165, 1.54) is 0 Å². The number of benzene rings is 2. The highest BCUT2D eigenvalue weighted by atomic mass is 16.5. The van der Waals surface area contributed by atoms with E-state index in [1.807, 2.05) is 57.2 Å². The standard InChI is InChI=1S/C22H31N3O3/c1-6-23-22(24-14-17-8-7-9-19(12-17)28-16(2)3)25-15-18-10-11-20(26-4)21(13-18)27-5/h7-13,16H,6,14-15H2,1-5H3,(H2,23,24,25). The molecule has 0 bridgehead atoms. The fourth-order valence-corrected chi connectivity index (χ4v) is 2.68. The first kappa shape index (κ1) is 21.4. The molecule has 0 spiro atoms. The van der Waals surface area contributed by atoms with Gasteiger partial charge in [0.25, 0.3) is 0 Å². The van der Waals surface area contributed by atoms with Crippen LogP contribution in [0.4, 0.5) is 0 Å². The van der Waals surface area contributed by atoms with Crippen molar-refractivity contribution in [2.75, 3.05) is 20.8 Å². The van der Waals surface area contributed by atoms with Crippen molar-refractivity contribution in [3.63, 3.8) is 0 Å². The van der Waals surface area contributed by atoms with E-state index < -0.39 is 0 Å². The predicted molar refractivity (Wildman–Crippen MR) is 113 cm³/mol. The first-order chi connectivity index (χ1) is 13.5. The van der Waals surface area contributed by atoms with Gasteiger partial charge in [0.05, 0.1) is 26.9 Å². The highest BCUT2D eigenvalue weighted by Crippen LogP contribution is 2.27. The fourth-order valence-electron chi connectivity index (χ4n) is 2.68. The number of hydrogen-bond acceptors (Lipinski definition) is 4. The van der Waals surface area contributed by atoms with Gasteiger partial charge < -0.3 is 24.8 Å². The number of aliphatic imine (C=N–C) groups is 1. The Morgan fingerprint density at radius 1 is 0.964 bits per heavy atom. The molecule has 28 heavy (non-hydrogen) atoms. The van der Waals surface area contributed by atoms with Crippen LogP contribution in [0.2, 0.25) is 0 Å². The van der Waals surface area contributed by atoms with Crippen molar-refractivity contribution in [3.05, 3.63) is 53.6 Å². The predicted octanol–water partition coefficient (Wildman–Crippen LogP) is 3.75. The molecular formula is C22H31N3O3. The number of ether oxygens (including phenoxy) is 3. The molecule has 0 fully saturated rings. The monoisotopic (exact) mass is 385 g/mol. The molecule has 0 radical (unpaired) electrons. The minimum absolute atomic E-state index is 0.152. The molecule has 0 aliphatic rings. The highest BCUT2D eigenvalue weighted by Gasteiger charge is 2.06. The van der Waals surface area contributed by atoms with Gasteiger partial charge in [0.15, 0.2) is 17.5 Å². The van der Waals surface area contributed by atoms with Crippen molar-refractivity contribution in [1.29, 1.82) is 0 Å². The van der Waals surface area contributed by atoms with Crippen molar-refractivity contribution in [2.24, 2.45) is 4.99 Å². The number of hydrogen-bond donors (Lipinski definition) is 2. The van der Waals surface area contributed by atoms with E-state index in [9.17, 15) is 0 Å². The van der Waals surface area contributed by atoms with Crippen molar-refractivity contribution in [2.45, 2.75) is 40.0 Å². The van der Waals surface area contributed by atoms with Crippen molar-refractivity contribution >= 4 is 5.96 Å². The van der Waals surface area contributed by atoms with Gasteiger partial charge in [-0.2, -0.15) is 0 Å². The van der Waals surface area contributed by atoms with Gasteiger partial charge in [-0.3, -0.25) is 0 Å². The molecule has 0 saturated carbocycles. The van der Waals surface area contributed by atoms with Gasteiger partial charge in [-0.25, -0.2) is 4.99 Å². The largest absolute Gasteiger partial charge is 0.493 e. The van der Waals surface area contributed by atoms with Crippen LogP contribution in [0.3, 0.4) is 0 Å². The van der Waals surface area contributed by atoms with Crippen molar-refractivity contribution in [3.8, 4) is 17.2 Å². The maximum Gasteiger partial charge on any atom is 0.191 e. The molecule has 2 aromatic carbocycles. The zero-order valence-corrected chi connectivity index (χ0v) is 17.4. The Balaban J connectivity index is 2.02. The molecule has 2 aromatic rings. The normalized spacial score (nSPS) is 11.3. The lowest BCUT2D eigenvalue weighted by Crippen LogP contribution is -2.36. The minimum Gasteiger partial charge on any atom is -0.493 e. The zero-order chi connectivity index (χ0) is 20.4. The molecule has 0 heterocycles. The Morgan fingerprint density at radius 3 is 2.43 bits per heavy atom. The highest BCUT2D eigenvalue weighted by molar-refractivity contribution is 5.79. The Bertz CT molecular complexity index is 775. The van der Waals surface area contributed by atoms with Crippen LogP contribution in [0, 0.1) is 0 Å². The molecular weight excluding hydrogens is 354 g/mol. The van der Waals surface area contributed by atoms with Crippen LogP contribution in [0.15, 0.2) is 47.5 Å². The van der Waals surface area contributed by atoms with Gasteiger partial charge >= 0.3 is 0 Å². The summed E-state index contributed by atoms with van der Waals surface area (Å²) in [6, 6.07) is 13.9. The summed E-state index contributed by atoms with van der Waals surface area (Å²) in [7, 11) is 3.27. The van der Waals surface area contributed by atoms with Gasteiger partial charge in [0, 0.05) is 13.1 Å². The van der Waals surface area contributed by atoms with Gasteiger partial charge in [-0.15, -0.1) is 0 Å². The van der Waals surface area contributed by atoms with E-state index in [-0.39, 0.29) is 6.10 Å². The Kier molecular flexibility index (Phi) is 8.46. The molecule has 152 valence electrons. The van der Waals surface area contributed by atoms with Crippen LogP contribution in [-0.4, -0.2) is 32.8 Å². The second-order valence-electron chi connectivity index (χ2n) is 6.55. The molecule has 6 heteroatoms. The van der Waals surface area contributed by atoms with Gasteiger partial charge in [-0.1, -0.05) is 18.2 Å². The van der Waals surface area contributed by atoms with E-state index in [0.29, 0.717) is 18.8 Å². The third-order valence-electron chi connectivity index (χ3n) is 3.94. The van der Waals surface area contributed by atoms with Crippen LogP contribution < -0.4 is 24.8 Å². The molecule has 0 aliphatic carbocycles. The second-order valence-corrected chi connectivity index (χ2v) is 6.55. The lowest BCUT2D eigenvalue weighted by molar-refractivity contribution is 0.242. The first-order valence-electron chi connectivity index (χ1n) is 9.54. The summed E-state index contributed by atoms with van der Waals surface area (Å²) in [4.78, 5) is 4.68. The number of methoxy groups -OCH3 is 2. The molecule has 2 N–H and O–H groups in total. The summed E-state index contributed by atoms with van der Waals surface area (Å²) in [5, 5.41) is 6.63. The van der Waals surface area contributed by atoms with Crippen LogP contribution in [0.1, 0.15) is 31.9 Å². The number of rotatable bonds is 9. The number of nitrogens with zero attached hydrogens (tertiary/aromatic N) is 1. The van der Waals surface area contributed by atoms with Gasteiger partial charge in [-0.05, 0) is 56.2 Å². The third kappa shape index (κ3) is 6.68. The minimum atomic E-state index is 0.152. The summed E-state index contributed by atoms with van der Waals surface area (Å²) in [5.74, 6) is 3.06. The second kappa shape index (κ2) is 11.1. The lowest BCUT2D eigenvalue weighted by Gasteiger charge is -2.14. The maximum absolute atomic E-state index is 5.75. The fraction of sp³-hybridized carbons (Fsp3) is 0.409. The molecule has 0 aromatic heterocycles. The van der Waals surface area contributed by atoms with E-state index in [0.717, 1.165) is 35.1 Å². The van der Waals surface area contributed by atoms with Crippen LogP contribution in [0.25, 0.3) is 0 Å². The topological polar surface area (TPSA) is 64.1 Å². The average molecular weight is 386 g/mol. The van der Waals surface area contributed by atoms with E-state index in [4.69, 9.17) is 14.2 Å². The molecule has 6 nitrogen and oxygen atoms in total. The molecule has 0 atom stereocenters. The van der Waals surface area contributed by atoms with Gasteiger partial charge in [0.2, 0.25) is 0 Å². The Hall–Kier alpha value is -2.89. The van der Waals surface area contributed by atoms with Crippen LogP contribution in [0.5, 0.6) is 17.2 Å². The first-order valence-corrected chi connectivity index (χ1v) is 9.54. The Labute approximate surface area is 167 Å². The average Bonchev–Trinajstić information content (AvgIpc) is 2.69. The summed E-state index contributed by atoms with van der Waals surface area (Å²) < 4.78 is 16.4. The Morgan fingerprint density at radius 2 is 1.75 bits per heavy atom. The molecule has 0 aliphatic heterocycles. The molecule has 0 unspecified atom stereocenters. The summed E-state index contributed by atoms with van der Waals surface area (Å²) in [5.41, 5.74) is 2.18.